The summed E-state index contributed by atoms with van der Waals surface area (Å²) in [5.74, 6) is 0.782. The van der Waals surface area contributed by atoms with Gasteiger partial charge in [-0.15, -0.1) is 0 Å². The van der Waals surface area contributed by atoms with Crippen molar-refractivity contribution in [2.24, 2.45) is 11.3 Å². The third-order valence-corrected chi connectivity index (χ3v) is 4.55. The van der Waals surface area contributed by atoms with Crippen molar-refractivity contribution in [1.29, 1.82) is 0 Å². The van der Waals surface area contributed by atoms with Crippen LogP contribution in [0.4, 0.5) is 11.4 Å². The quantitative estimate of drug-likeness (QED) is 0.513. The molecule has 166 valence electrons. The maximum atomic E-state index is 12.6. The lowest BCUT2D eigenvalue weighted by molar-refractivity contribution is -0.123. The molecule has 31 heavy (non-hydrogen) atoms. The van der Waals surface area contributed by atoms with Gasteiger partial charge in [0.1, 0.15) is 5.75 Å². The highest BCUT2D eigenvalue weighted by molar-refractivity contribution is 7.80. The van der Waals surface area contributed by atoms with Crippen LogP contribution in [0.15, 0.2) is 48.5 Å². The summed E-state index contributed by atoms with van der Waals surface area (Å²) in [7, 11) is 0. The van der Waals surface area contributed by atoms with Crippen molar-refractivity contribution in [2.75, 3.05) is 17.2 Å². The van der Waals surface area contributed by atoms with E-state index < -0.39 is 5.41 Å². The zero-order chi connectivity index (χ0) is 23.0. The van der Waals surface area contributed by atoms with Crippen LogP contribution in [0.5, 0.6) is 5.75 Å². The molecule has 7 heteroatoms. The van der Waals surface area contributed by atoms with Gasteiger partial charge in [-0.1, -0.05) is 46.8 Å². The number of nitrogens with one attached hydrogen (secondary N) is 3. The van der Waals surface area contributed by atoms with Gasteiger partial charge in [0.15, 0.2) is 5.11 Å². The molecule has 0 aliphatic rings. The standard InChI is InChI=1S/C24H31N3O3S/c1-16(2)12-13-30-20-11-6-8-17(14-20)21(28)27-23(31)26-19-10-7-9-18(15-19)25-22(29)24(3,4)5/h6-11,14-16H,12-13H2,1-5H3,(H,25,29)(H2,26,27,28,31). The van der Waals surface area contributed by atoms with Gasteiger partial charge in [-0.2, -0.15) is 0 Å². The van der Waals surface area contributed by atoms with Gasteiger partial charge < -0.3 is 15.4 Å². The van der Waals surface area contributed by atoms with E-state index in [0.717, 1.165) is 6.42 Å². The van der Waals surface area contributed by atoms with E-state index in [2.05, 4.69) is 29.8 Å². The molecule has 0 bridgehead atoms. The van der Waals surface area contributed by atoms with E-state index in [4.69, 9.17) is 17.0 Å². The van der Waals surface area contributed by atoms with Crippen LogP contribution in [0.2, 0.25) is 0 Å². The number of benzene rings is 2. The first-order chi connectivity index (χ1) is 14.5. The van der Waals surface area contributed by atoms with Crippen molar-refractivity contribution in [3.8, 4) is 5.75 Å². The molecular formula is C24H31N3O3S. The molecule has 0 saturated heterocycles. The predicted octanol–water partition coefficient (Wildman–Crippen LogP) is 5.22. The van der Waals surface area contributed by atoms with Crippen molar-refractivity contribution >= 4 is 40.5 Å². The van der Waals surface area contributed by atoms with Crippen molar-refractivity contribution < 1.29 is 14.3 Å². The highest BCUT2D eigenvalue weighted by Gasteiger charge is 2.21. The number of carbonyl (C=O) groups excluding carboxylic acids is 2. The van der Waals surface area contributed by atoms with Gasteiger partial charge >= 0.3 is 0 Å². The van der Waals surface area contributed by atoms with E-state index in [1.807, 2.05) is 26.8 Å². The summed E-state index contributed by atoms with van der Waals surface area (Å²) in [6.45, 7) is 10.4. The number of amides is 2. The Morgan fingerprint density at radius 3 is 2.29 bits per heavy atom. The van der Waals surface area contributed by atoms with Crippen molar-refractivity contribution in [3.63, 3.8) is 0 Å². The average Bonchev–Trinajstić information content (AvgIpc) is 2.67. The Balaban J connectivity index is 1.95. The second-order valence-corrected chi connectivity index (χ2v) is 9.16. The number of rotatable bonds is 7. The zero-order valence-corrected chi connectivity index (χ0v) is 19.6. The fourth-order valence-electron chi connectivity index (χ4n) is 2.47. The maximum Gasteiger partial charge on any atom is 0.257 e. The molecule has 0 fully saturated rings. The average molecular weight is 442 g/mol. The van der Waals surface area contributed by atoms with Gasteiger partial charge in [0, 0.05) is 22.4 Å². The van der Waals surface area contributed by atoms with Crippen molar-refractivity contribution in [1.82, 2.24) is 5.32 Å². The summed E-state index contributed by atoms with van der Waals surface area (Å²) in [6, 6.07) is 14.1. The zero-order valence-electron chi connectivity index (χ0n) is 18.7. The fourth-order valence-corrected chi connectivity index (χ4v) is 2.68. The number of hydrogen-bond donors (Lipinski definition) is 3. The number of ether oxygens (including phenoxy) is 1. The lowest BCUT2D eigenvalue weighted by Crippen LogP contribution is -2.34. The molecule has 0 aliphatic carbocycles. The Morgan fingerprint density at radius 1 is 1.00 bits per heavy atom. The lowest BCUT2D eigenvalue weighted by Gasteiger charge is -2.18. The molecule has 3 N–H and O–H groups in total. The van der Waals surface area contributed by atoms with Crippen LogP contribution in [0, 0.1) is 11.3 Å². The predicted molar refractivity (Wildman–Crippen MR) is 130 cm³/mol. The summed E-state index contributed by atoms with van der Waals surface area (Å²) in [6.07, 6.45) is 0.944. The molecule has 0 spiro atoms. The SMILES string of the molecule is CC(C)CCOc1cccc(C(=O)NC(=S)Nc2cccc(NC(=O)C(C)(C)C)c2)c1. The van der Waals surface area contributed by atoms with E-state index in [0.29, 0.717) is 35.2 Å². The Kier molecular flexibility index (Phi) is 8.56. The van der Waals surface area contributed by atoms with Crippen LogP contribution < -0.4 is 20.7 Å². The minimum absolute atomic E-state index is 0.0870. The van der Waals surface area contributed by atoms with Crippen LogP contribution in [0.25, 0.3) is 0 Å². The summed E-state index contributed by atoms with van der Waals surface area (Å²) < 4.78 is 5.71. The van der Waals surface area contributed by atoms with Gasteiger partial charge in [0.05, 0.1) is 6.61 Å². The Morgan fingerprint density at radius 2 is 1.65 bits per heavy atom. The number of thiocarbonyl (C=S) groups is 1. The van der Waals surface area contributed by atoms with Crippen molar-refractivity contribution in [3.05, 3.63) is 54.1 Å². The normalized spacial score (nSPS) is 11.0. The van der Waals surface area contributed by atoms with E-state index >= 15 is 0 Å². The first-order valence-electron chi connectivity index (χ1n) is 10.3. The van der Waals surface area contributed by atoms with Crippen LogP contribution >= 0.6 is 12.2 Å². The van der Waals surface area contributed by atoms with Crippen LogP contribution in [0.1, 0.15) is 51.4 Å². The van der Waals surface area contributed by atoms with Gasteiger partial charge in [0.2, 0.25) is 5.91 Å². The highest BCUT2D eigenvalue weighted by atomic mass is 32.1. The molecule has 2 amide bonds. The Labute approximate surface area is 189 Å². The Hall–Kier alpha value is -2.93. The second kappa shape index (κ2) is 10.9. The van der Waals surface area contributed by atoms with Gasteiger partial charge in [-0.3, -0.25) is 14.9 Å². The second-order valence-electron chi connectivity index (χ2n) is 8.75. The third-order valence-electron chi connectivity index (χ3n) is 4.35. The fraction of sp³-hybridized carbons (Fsp3) is 0.375. The summed E-state index contributed by atoms with van der Waals surface area (Å²) in [5, 5.41) is 8.67. The third kappa shape index (κ3) is 8.38. The molecule has 0 radical (unpaired) electrons. The molecule has 0 aromatic heterocycles. The number of hydrogen-bond acceptors (Lipinski definition) is 4. The molecule has 0 heterocycles. The lowest BCUT2D eigenvalue weighted by atomic mass is 9.95. The van der Waals surface area contributed by atoms with Gasteiger partial charge in [-0.05, 0) is 61.0 Å². The van der Waals surface area contributed by atoms with Crippen LogP contribution in [-0.2, 0) is 4.79 Å². The first kappa shape index (κ1) is 24.3. The monoisotopic (exact) mass is 441 g/mol. The summed E-state index contributed by atoms with van der Waals surface area (Å²) in [5.41, 5.74) is 1.25. The van der Waals surface area contributed by atoms with Gasteiger partial charge in [0.25, 0.3) is 5.91 Å². The van der Waals surface area contributed by atoms with Crippen molar-refractivity contribution in [2.45, 2.75) is 41.0 Å². The Bertz CT molecular complexity index is 936. The minimum Gasteiger partial charge on any atom is -0.494 e. The molecule has 6 nitrogen and oxygen atoms in total. The molecule has 0 aliphatic heterocycles. The van der Waals surface area contributed by atoms with Crippen LogP contribution in [0.3, 0.4) is 0 Å². The summed E-state index contributed by atoms with van der Waals surface area (Å²) >= 11 is 5.27. The topological polar surface area (TPSA) is 79.5 Å². The van der Waals surface area contributed by atoms with Crippen LogP contribution in [-0.4, -0.2) is 23.5 Å². The van der Waals surface area contributed by atoms with E-state index in [1.54, 1.807) is 42.5 Å². The molecule has 2 aromatic rings. The molecular weight excluding hydrogens is 410 g/mol. The minimum atomic E-state index is -0.500. The number of anilines is 2. The van der Waals surface area contributed by atoms with E-state index in [9.17, 15) is 9.59 Å². The molecule has 2 aromatic carbocycles. The van der Waals surface area contributed by atoms with E-state index in [1.165, 1.54) is 0 Å². The largest absolute Gasteiger partial charge is 0.494 e. The first-order valence-corrected chi connectivity index (χ1v) is 10.7. The smallest absolute Gasteiger partial charge is 0.257 e. The highest BCUT2D eigenvalue weighted by Crippen LogP contribution is 2.20. The summed E-state index contributed by atoms with van der Waals surface area (Å²) in [4.78, 5) is 24.7. The van der Waals surface area contributed by atoms with E-state index in [-0.39, 0.29) is 16.9 Å². The molecule has 0 unspecified atom stereocenters. The number of carbonyl (C=O) groups is 2. The molecule has 0 atom stereocenters. The molecule has 0 saturated carbocycles. The maximum absolute atomic E-state index is 12.6. The molecule has 2 rings (SSSR count). The van der Waals surface area contributed by atoms with Gasteiger partial charge in [-0.25, -0.2) is 0 Å².